The number of aromatic nitrogens is 1. The fourth-order valence-electron chi connectivity index (χ4n) is 3.28. The van der Waals surface area contributed by atoms with Crippen LogP contribution in [-0.4, -0.2) is 33.7 Å². The number of rotatable bonds is 1. The smallest absolute Gasteiger partial charge is 0.0541 e. The van der Waals surface area contributed by atoms with Crippen molar-refractivity contribution in [3.63, 3.8) is 0 Å². The number of nitrogens with zero attached hydrogens (tertiary/aromatic N) is 2. The first-order chi connectivity index (χ1) is 8.72. The summed E-state index contributed by atoms with van der Waals surface area (Å²) in [5.74, 6) is 0. The normalized spacial score (nSPS) is 29.0. The van der Waals surface area contributed by atoms with Crippen molar-refractivity contribution < 1.29 is 5.11 Å². The first kappa shape index (κ1) is 12.1. The van der Waals surface area contributed by atoms with Crippen molar-refractivity contribution in [1.29, 1.82) is 0 Å². The summed E-state index contributed by atoms with van der Waals surface area (Å²) in [5.41, 5.74) is 3.82. The standard InChI is InChI=1S/C15H22N2O/c1-11-2-3-12-10-17(9-8-15(12)16-11)13-4-6-14(18)7-5-13/h2-3,13-14,18H,4-10H2,1H3. The van der Waals surface area contributed by atoms with Crippen molar-refractivity contribution in [2.75, 3.05) is 6.54 Å². The molecule has 3 heteroatoms. The highest BCUT2D eigenvalue weighted by Gasteiger charge is 2.27. The van der Waals surface area contributed by atoms with Gasteiger partial charge in [0.05, 0.1) is 6.10 Å². The van der Waals surface area contributed by atoms with Crippen molar-refractivity contribution in [2.45, 2.75) is 57.7 Å². The number of aliphatic hydroxyl groups excluding tert-OH is 1. The highest BCUT2D eigenvalue weighted by atomic mass is 16.3. The number of pyridine rings is 1. The molecule has 0 spiro atoms. The molecule has 0 radical (unpaired) electrons. The van der Waals surface area contributed by atoms with Crippen molar-refractivity contribution in [3.05, 3.63) is 29.1 Å². The molecule has 1 fully saturated rings. The van der Waals surface area contributed by atoms with Crippen LogP contribution in [0.2, 0.25) is 0 Å². The van der Waals surface area contributed by atoms with Gasteiger partial charge in [0.1, 0.15) is 0 Å². The molecule has 0 aromatic carbocycles. The maximum atomic E-state index is 9.59. The van der Waals surface area contributed by atoms with Crippen LogP contribution >= 0.6 is 0 Å². The van der Waals surface area contributed by atoms with Crippen LogP contribution < -0.4 is 0 Å². The molecule has 0 atom stereocenters. The summed E-state index contributed by atoms with van der Waals surface area (Å²) in [5, 5.41) is 9.59. The minimum Gasteiger partial charge on any atom is -0.393 e. The van der Waals surface area contributed by atoms with E-state index in [0.29, 0.717) is 6.04 Å². The lowest BCUT2D eigenvalue weighted by Gasteiger charge is -2.38. The molecule has 1 aliphatic heterocycles. The maximum absolute atomic E-state index is 9.59. The zero-order chi connectivity index (χ0) is 12.5. The zero-order valence-electron chi connectivity index (χ0n) is 11.1. The van der Waals surface area contributed by atoms with Gasteiger partial charge in [-0.15, -0.1) is 0 Å². The average molecular weight is 246 g/mol. The van der Waals surface area contributed by atoms with Crippen molar-refractivity contribution in [2.24, 2.45) is 0 Å². The number of hydrogen-bond acceptors (Lipinski definition) is 3. The molecule has 0 bridgehead atoms. The summed E-state index contributed by atoms with van der Waals surface area (Å²) in [6.07, 6.45) is 5.27. The Labute approximate surface area is 109 Å². The summed E-state index contributed by atoms with van der Waals surface area (Å²) in [6, 6.07) is 5.02. The molecule has 1 saturated carbocycles. The Morgan fingerprint density at radius 2 is 2.00 bits per heavy atom. The molecular formula is C15H22N2O. The molecule has 98 valence electrons. The molecule has 0 saturated heterocycles. The summed E-state index contributed by atoms with van der Waals surface area (Å²) >= 11 is 0. The van der Waals surface area contributed by atoms with Crippen LogP contribution in [0.5, 0.6) is 0 Å². The van der Waals surface area contributed by atoms with Gasteiger partial charge in [-0.2, -0.15) is 0 Å². The highest BCUT2D eigenvalue weighted by molar-refractivity contribution is 5.25. The molecule has 2 aliphatic rings. The van der Waals surface area contributed by atoms with Gasteiger partial charge in [0.2, 0.25) is 0 Å². The second-order valence-corrected chi connectivity index (χ2v) is 5.74. The van der Waals surface area contributed by atoms with Crippen LogP contribution in [-0.2, 0) is 13.0 Å². The van der Waals surface area contributed by atoms with Gasteiger partial charge in [-0.3, -0.25) is 9.88 Å². The first-order valence-corrected chi connectivity index (χ1v) is 7.10. The predicted octanol–water partition coefficient (Wildman–Crippen LogP) is 2.05. The van der Waals surface area contributed by atoms with E-state index in [1.807, 2.05) is 0 Å². The van der Waals surface area contributed by atoms with Crippen molar-refractivity contribution in [1.82, 2.24) is 9.88 Å². The third kappa shape index (κ3) is 2.43. The van der Waals surface area contributed by atoms with Gasteiger partial charge in [0.25, 0.3) is 0 Å². The Hall–Kier alpha value is -0.930. The van der Waals surface area contributed by atoms with Gasteiger partial charge in [-0.1, -0.05) is 6.07 Å². The molecule has 1 aromatic rings. The molecule has 2 heterocycles. The van der Waals surface area contributed by atoms with Gasteiger partial charge in [0, 0.05) is 36.9 Å². The fourth-order valence-corrected chi connectivity index (χ4v) is 3.28. The minimum atomic E-state index is -0.0531. The van der Waals surface area contributed by atoms with E-state index in [1.54, 1.807) is 0 Å². The van der Waals surface area contributed by atoms with Gasteiger partial charge < -0.3 is 5.11 Å². The number of aliphatic hydroxyl groups is 1. The van der Waals surface area contributed by atoms with Gasteiger partial charge in [-0.25, -0.2) is 0 Å². The molecule has 18 heavy (non-hydrogen) atoms. The highest BCUT2D eigenvalue weighted by Crippen LogP contribution is 2.27. The summed E-state index contributed by atoms with van der Waals surface area (Å²) < 4.78 is 0. The lowest BCUT2D eigenvalue weighted by molar-refractivity contribution is 0.0674. The summed E-state index contributed by atoms with van der Waals surface area (Å²) in [7, 11) is 0. The van der Waals surface area contributed by atoms with Gasteiger partial charge in [0.15, 0.2) is 0 Å². The Balaban J connectivity index is 1.69. The topological polar surface area (TPSA) is 36.4 Å². The third-order valence-electron chi connectivity index (χ3n) is 4.40. The van der Waals surface area contributed by atoms with Crippen LogP contribution in [0.1, 0.15) is 42.6 Å². The molecule has 3 rings (SSSR count). The molecule has 1 aliphatic carbocycles. The van der Waals surface area contributed by atoms with E-state index in [2.05, 4.69) is 28.9 Å². The van der Waals surface area contributed by atoms with Crippen LogP contribution in [0.3, 0.4) is 0 Å². The largest absolute Gasteiger partial charge is 0.393 e. The molecule has 3 nitrogen and oxygen atoms in total. The van der Waals surface area contributed by atoms with Crippen molar-refractivity contribution in [3.8, 4) is 0 Å². The number of aryl methyl sites for hydroxylation is 1. The van der Waals surface area contributed by atoms with E-state index in [4.69, 9.17) is 0 Å². The molecule has 0 unspecified atom stereocenters. The second-order valence-electron chi connectivity index (χ2n) is 5.74. The quantitative estimate of drug-likeness (QED) is 0.824. The van der Waals surface area contributed by atoms with Gasteiger partial charge >= 0.3 is 0 Å². The van der Waals surface area contributed by atoms with E-state index in [0.717, 1.165) is 50.9 Å². The fraction of sp³-hybridized carbons (Fsp3) is 0.667. The van der Waals surface area contributed by atoms with E-state index >= 15 is 0 Å². The van der Waals surface area contributed by atoms with Crippen LogP contribution in [0, 0.1) is 6.92 Å². The molecule has 1 N–H and O–H groups in total. The Morgan fingerprint density at radius 3 is 2.78 bits per heavy atom. The van der Waals surface area contributed by atoms with Crippen LogP contribution in [0.15, 0.2) is 12.1 Å². The minimum absolute atomic E-state index is 0.0531. The van der Waals surface area contributed by atoms with E-state index in [1.165, 1.54) is 11.3 Å². The second kappa shape index (κ2) is 4.98. The molecule has 0 amide bonds. The molecule has 1 aromatic heterocycles. The first-order valence-electron chi connectivity index (χ1n) is 7.10. The lowest BCUT2D eigenvalue weighted by Crippen LogP contribution is -2.42. The Bertz CT molecular complexity index is 425. The van der Waals surface area contributed by atoms with Crippen LogP contribution in [0.25, 0.3) is 0 Å². The van der Waals surface area contributed by atoms with Crippen molar-refractivity contribution >= 4 is 0 Å². The summed E-state index contributed by atoms with van der Waals surface area (Å²) in [6.45, 7) is 4.24. The number of hydrogen-bond donors (Lipinski definition) is 1. The Morgan fingerprint density at radius 1 is 1.22 bits per heavy atom. The zero-order valence-corrected chi connectivity index (χ0v) is 11.1. The van der Waals surface area contributed by atoms with Gasteiger partial charge in [-0.05, 0) is 44.2 Å². The third-order valence-corrected chi connectivity index (χ3v) is 4.40. The van der Waals surface area contributed by atoms with E-state index in [9.17, 15) is 5.11 Å². The summed E-state index contributed by atoms with van der Waals surface area (Å²) in [4.78, 5) is 7.23. The lowest BCUT2D eigenvalue weighted by atomic mass is 9.90. The monoisotopic (exact) mass is 246 g/mol. The number of fused-ring (bicyclic) bond motifs is 1. The predicted molar refractivity (Wildman–Crippen MR) is 71.4 cm³/mol. The average Bonchev–Trinajstić information content (AvgIpc) is 2.39. The SMILES string of the molecule is Cc1ccc2c(n1)CCN(C1CCC(O)CC1)C2. The van der Waals surface area contributed by atoms with E-state index < -0.39 is 0 Å². The maximum Gasteiger partial charge on any atom is 0.0541 e. The van der Waals surface area contributed by atoms with Crippen LogP contribution in [0.4, 0.5) is 0 Å². The van der Waals surface area contributed by atoms with E-state index in [-0.39, 0.29) is 6.10 Å². The molecular weight excluding hydrogens is 224 g/mol. The Kier molecular flexibility index (Phi) is 3.35.